The first-order chi connectivity index (χ1) is 9.81. The topological polar surface area (TPSA) is 47.9 Å². The van der Waals surface area contributed by atoms with Gasteiger partial charge in [-0.15, -0.1) is 11.3 Å². The number of aryl methyl sites for hydroxylation is 1. The molecule has 0 spiro atoms. The molecule has 0 atom stereocenters. The van der Waals surface area contributed by atoms with Crippen LogP contribution < -0.4 is 4.74 Å². The molecule has 2 aromatic heterocycles. The van der Waals surface area contributed by atoms with Crippen LogP contribution in [-0.2, 0) is 6.61 Å². The Balaban J connectivity index is 1.67. The fraction of sp³-hybridized carbons (Fsp3) is 0.133. The van der Waals surface area contributed by atoms with E-state index < -0.39 is 0 Å². The Morgan fingerprint density at radius 2 is 1.85 bits per heavy atom. The van der Waals surface area contributed by atoms with Gasteiger partial charge in [0.25, 0.3) is 0 Å². The minimum atomic E-state index is 0.468. The normalized spacial score (nSPS) is 10.4. The van der Waals surface area contributed by atoms with Crippen LogP contribution in [0.5, 0.6) is 5.75 Å². The van der Waals surface area contributed by atoms with Crippen LogP contribution in [0.1, 0.15) is 10.6 Å². The SMILES string of the molecule is Cc1nc(-c2ccc(OCc3cncnc3)cc2)cs1. The van der Waals surface area contributed by atoms with Gasteiger partial charge in [-0.25, -0.2) is 15.0 Å². The predicted molar refractivity (Wildman–Crippen MR) is 78.7 cm³/mol. The summed E-state index contributed by atoms with van der Waals surface area (Å²) in [5.41, 5.74) is 3.06. The van der Waals surface area contributed by atoms with Gasteiger partial charge in [0, 0.05) is 28.9 Å². The third-order valence-corrected chi connectivity index (χ3v) is 3.56. The average Bonchev–Trinajstić information content (AvgIpc) is 2.93. The first-order valence-electron chi connectivity index (χ1n) is 6.20. The van der Waals surface area contributed by atoms with Gasteiger partial charge in [0.1, 0.15) is 18.7 Å². The fourth-order valence-electron chi connectivity index (χ4n) is 1.79. The van der Waals surface area contributed by atoms with Gasteiger partial charge in [-0.05, 0) is 31.2 Å². The molecule has 0 aliphatic heterocycles. The molecule has 5 heteroatoms. The van der Waals surface area contributed by atoms with E-state index in [9.17, 15) is 0 Å². The molecule has 3 aromatic rings. The van der Waals surface area contributed by atoms with E-state index in [2.05, 4.69) is 20.3 Å². The molecule has 0 saturated heterocycles. The van der Waals surface area contributed by atoms with Crippen LogP contribution in [-0.4, -0.2) is 15.0 Å². The maximum absolute atomic E-state index is 5.69. The van der Waals surface area contributed by atoms with Crippen LogP contribution in [0.15, 0.2) is 48.4 Å². The molecule has 0 N–H and O–H groups in total. The van der Waals surface area contributed by atoms with Gasteiger partial charge >= 0.3 is 0 Å². The maximum Gasteiger partial charge on any atom is 0.119 e. The zero-order valence-electron chi connectivity index (χ0n) is 11.0. The lowest BCUT2D eigenvalue weighted by Crippen LogP contribution is -1.96. The average molecular weight is 283 g/mol. The third-order valence-electron chi connectivity index (χ3n) is 2.79. The molecule has 1 aromatic carbocycles. The number of aromatic nitrogens is 3. The number of hydrogen-bond acceptors (Lipinski definition) is 5. The van der Waals surface area contributed by atoms with E-state index in [4.69, 9.17) is 4.74 Å². The van der Waals surface area contributed by atoms with Crippen molar-refractivity contribution in [3.05, 3.63) is 58.9 Å². The van der Waals surface area contributed by atoms with Crippen molar-refractivity contribution in [1.29, 1.82) is 0 Å². The highest BCUT2D eigenvalue weighted by molar-refractivity contribution is 7.09. The van der Waals surface area contributed by atoms with Crippen LogP contribution in [0.3, 0.4) is 0 Å². The molecular weight excluding hydrogens is 270 g/mol. The summed E-state index contributed by atoms with van der Waals surface area (Å²) >= 11 is 1.65. The minimum Gasteiger partial charge on any atom is -0.489 e. The van der Waals surface area contributed by atoms with Crippen LogP contribution in [0.2, 0.25) is 0 Å². The summed E-state index contributed by atoms with van der Waals surface area (Å²) in [6.45, 7) is 2.48. The summed E-state index contributed by atoms with van der Waals surface area (Å²) in [4.78, 5) is 12.4. The zero-order chi connectivity index (χ0) is 13.8. The Morgan fingerprint density at radius 1 is 1.10 bits per heavy atom. The number of nitrogens with zero attached hydrogens (tertiary/aromatic N) is 3. The van der Waals surface area contributed by atoms with Crippen molar-refractivity contribution >= 4 is 11.3 Å². The monoisotopic (exact) mass is 283 g/mol. The van der Waals surface area contributed by atoms with Gasteiger partial charge in [0.05, 0.1) is 10.7 Å². The molecule has 0 aliphatic carbocycles. The van der Waals surface area contributed by atoms with Crippen molar-refractivity contribution < 1.29 is 4.74 Å². The second-order valence-electron chi connectivity index (χ2n) is 4.31. The molecular formula is C15H13N3OS. The summed E-state index contributed by atoms with van der Waals surface area (Å²) < 4.78 is 5.69. The molecule has 4 nitrogen and oxygen atoms in total. The van der Waals surface area contributed by atoms with Gasteiger partial charge in [-0.1, -0.05) is 0 Å². The second-order valence-corrected chi connectivity index (χ2v) is 5.37. The summed E-state index contributed by atoms with van der Waals surface area (Å²) in [6.07, 6.45) is 5.01. The number of rotatable bonds is 4. The van der Waals surface area contributed by atoms with E-state index in [1.165, 1.54) is 6.33 Å². The first-order valence-corrected chi connectivity index (χ1v) is 7.08. The van der Waals surface area contributed by atoms with Gasteiger partial charge in [-0.2, -0.15) is 0 Å². The summed E-state index contributed by atoms with van der Waals surface area (Å²) in [7, 11) is 0. The van der Waals surface area contributed by atoms with E-state index in [-0.39, 0.29) is 0 Å². The van der Waals surface area contributed by atoms with Crippen molar-refractivity contribution in [2.75, 3.05) is 0 Å². The molecule has 0 aliphatic rings. The Hall–Kier alpha value is -2.27. The van der Waals surface area contributed by atoms with E-state index in [1.807, 2.05) is 31.2 Å². The maximum atomic E-state index is 5.69. The Labute approximate surface area is 121 Å². The second kappa shape index (κ2) is 5.79. The van der Waals surface area contributed by atoms with Gasteiger partial charge in [0.2, 0.25) is 0 Å². The lowest BCUT2D eigenvalue weighted by atomic mass is 10.2. The molecule has 0 radical (unpaired) electrons. The van der Waals surface area contributed by atoms with Crippen LogP contribution in [0.25, 0.3) is 11.3 Å². The van der Waals surface area contributed by atoms with Crippen molar-refractivity contribution in [3.63, 3.8) is 0 Å². The molecule has 0 bridgehead atoms. The minimum absolute atomic E-state index is 0.468. The summed E-state index contributed by atoms with van der Waals surface area (Å²) in [5, 5.41) is 3.14. The fourth-order valence-corrected chi connectivity index (χ4v) is 2.41. The first kappa shape index (κ1) is 12.7. The third kappa shape index (κ3) is 3.00. The summed E-state index contributed by atoms with van der Waals surface area (Å²) in [5.74, 6) is 0.824. The van der Waals surface area contributed by atoms with Crippen LogP contribution in [0, 0.1) is 6.92 Å². The standard InChI is InChI=1S/C15H13N3OS/c1-11-18-15(9-20-11)13-2-4-14(5-3-13)19-8-12-6-16-10-17-7-12/h2-7,9-10H,8H2,1H3. The van der Waals surface area contributed by atoms with Gasteiger partial charge < -0.3 is 4.74 Å². The molecule has 3 rings (SSSR count). The molecule has 0 amide bonds. The van der Waals surface area contributed by atoms with Crippen LogP contribution >= 0.6 is 11.3 Å². The lowest BCUT2D eigenvalue weighted by Gasteiger charge is -2.06. The molecule has 0 saturated carbocycles. The highest BCUT2D eigenvalue weighted by Crippen LogP contribution is 2.24. The molecule has 20 heavy (non-hydrogen) atoms. The zero-order valence-corrected chi connectivity index (χ0v) is 11.8. The summed E-state index contributed by atoms with van der Waals surface area (Å²) in [6, 6.07) is 7.94. The number of benzene rings is 1. The number of thiazole rings is 1. The van der Waals surface area contributed by atoms with Gasteiger partial charge in [0.15, 0.2) is 0 Å². The lowest BCUT2D eigenvalue weighted by molar-refractivity contribution is 0.305. The smallest absolute Gasteiger partial charge is 0.119 e. The Kier molecular flexibility index (Phi) is 3.69. The highest BCUT2D eigenvalue weighted by atomic mass is 32.1. The molecule has 0 fully saturated rings. The van der Waals surface area contributed by atoms with Crippen molar-refractivity contribution in [1.82, 2.24) is 15.0 Å². The predicted octanol–water partition coefficient (Wildman–Crippen LogP) is 3.49. The van der Waals surface area contributed by atoms with Crippen LogP contribution in [0.4, 0.5) is 0 Å². The van der Waals surface area contributed by atoms with Gasteiger partial charge in [-0.3, -0.25) is 0 Å². The number of ether oxygens (including phenoxy) is 1. The van der Waals surface area contributed by atoms with Crippen molar-refractivity contribution in [2.45, 2.75) is 13.5 Å². The van der Waals surface area contributed by atoms with E-state index in [0.717, 1.165) is 27.6 Å². The van der Waals surface area contributed by atoms with E-state index in [0.29, 0.717) is 6.61 Å². The molecule has 0 unspecified atom stereocenters. The molecule has 100 valence electrons. The largest absolute Gasteiger partial charge is 0.489 e. The van der Waals surface area contributed by atoms with Crippen molar-refractivity contribution in [3.8, 4) is 17.0 Å². The quantitative estimate of drug-likeness (QED) is 0.735. The highest BCUT2D eigenvalue weighted by Gasteiger charge is 2.02. The molecule has 2 heterocycles. The number of hydrogen-bond donors (Lipinski definition) is 0. The van der Waals surface area contributed by atoms with E-state index in [1.54, 1.807) is 23.7 Å². The Bertz CT molecular complexity index is 680. The Morgan fingerprint density at radius 3 is 2.50 bits per heavy atom. The van der Waals surface area contributed by atoms with Crippen molar-refractivity contribution in [2.24, 2.45) is 0 Å². The van der Waals surface area contributed by atoms with E-state index >= 15 is 0 Å².